The quantitative estimate of drug-likeness (QED) is 0.416. The Morgan fingerprint density at radius 3 is 2.46 bits per heavy atom. The van der Waals surface area contributed by atoms with Crippen molar-refractivity contribution in [3.8, 4) is 0 Å². The van der Waals surface area contributed by atoms with Crippen LogP contribution in [0.1, 0.15) is 16.7 Å². The number of benzene rings is 2. The molecule has 3 N–H and O–H groups in total. The van der Waals surface area contributed by atoms with E-state index in [0.717, 1.165) is 29.9 Å². The lowest BCUT2D eigenvalue weighted by atomic mass is 10.0. The number of thiophene rings is 1. The van der Waals surface area contributed by atoms with E-state index >= 15 is 0 Å². The number of carboxylic acid groups (broad SMARTS) is 2. The molecule has 8 nitrogen and oxygen atoms in total. The van der Waals surface area contributed by atoms with Crippen molar-refractivity contribution in [2.24, 2.45) is 4.99 Å². The highest BCUT2D eigenvalue weighted by Crippen LogP contribution is 2.45. The highest BCUT2D eigenvalue weighted by atomic mass is 32.1. The summed E-state index contributed by atoms with van der Waals surface area (Å²) in [7, 11) is 1.98. The van der Waals surface area contributed by atoms with Gasteiger partial charge in [-0.1, -0.05) is 6.07 Å². The maximum atomic E-state index is 13.5. The Morgan fingerprint density at radius 1 is 1.08 bits per heavy atom. The minimum Gasteiger partial charge on any atom is -0.478 e. The number of piperazine rings is 1. The number of hydrogen-bond donors (Lipinski definition) is 3. The summed E-state index contributed by atoms with van der Waals surface area (Å²) in [5.74, 6) is -2.30. The number of amidine groups is 1. The summed E-state index contributed by atoms with van der Waals surface area (Å²) in [6.45, 7) is 2.66. The predicted molar refractivity (Wildman–Crippen MR) is 135 cm³/mol. The fourth-order valence-corrected chi connectivity index (χ4v) is 5.50. The van der Waals surface area contributed by atoms with Gasteiger partial charge in [0.25, 0.3) is 0 Å². The van der Waals surface area contributed by atoms with Crippen molar-refractivity contribution in [2.75, 3.05) is 38.5 Å². The molecule has 1 saturated heterocycles. The first-order valence-electron chi connectivity index (χ1n) is 11.3. The second-order valence-corrected chi connectivity index (χ2v) is 9.85. The first kappa shape index (κ1) is 24.8. The van der Waals surface area contributed by atoms with E-state index in [9.17, 15) is 27.9 Å². The van der Waals surface area contributed by atoms with E-state index in [-0.39, 0.29) is 16.8 Å². The molecule has 0 unspecified atom stereocenters. The van der Waals surface area contributed by atoms with E-state index < -0.39 is 23.7 Å². The monoisotopic (exact) mass is 530 g/mol. The number of aliphatic carboxylic acids is 2. The number of hydrogen-bond acceptors (Lipinski definition) is 7. The molecule has 0 bridgehead atoms. The normalized spacial score (nSPS) is 16.5. The Balaban J connectivity index is 1.73. The van der Waals surface area contributed by atoms with Gasteiger partial charge in [-0.05, 0) is 42.9 Å². The minimum absolute atomic E-state index is 0.147. The number of alkyl halides is 3. The number of nitrogens with zero attached hydrogens (tertiary/aromatic N) is 3. The first-order valence-corrected chi connectivity index (χ1v) is 12.1. The maximum Gasteiger partial charge on any atom is 0.416 e. The lowest BCUT2D eigenvalue weighted by Crippen LogP contribution is -2.47. The van der Waals surface area contributed by atoms with E-state index in [0.29, 0.717) is 46.6 Å². The molecule has 0 saturated carbocycles. The average molecular weight is 531 g/mol. The van der Waals surface area contributed by atoms with Crippen molar-refractivity contribution >= 4 is 61.1 Å². The van der Waals surface area contributed by atoms with Crippen LogP contribution in [0.4, 0.5) is 29.5 Å². The molecule has 1 fully saturated rings. The van der Waals surface area contributed by atoms with E-state index in [2.05, 4.69) is 10.2 Å². The Hall–Kier alpha value is -3.90. The van der Waals surface area contributed by atoms with Gasteiger partial charge >= 0.3 is 18.1 Å². The first-order chi connectivity index (χ1) is 17.5. The van der Waals surface area contributed by atoms with Crippen LogP contribution < -0.4 is 5.32 Å². The summed E-state index contributed by atoms with van der Waals surface area (Å²) in [6, 6.07) is 8.21. The Morgan fingerprint density at radius 2 is 1.81 bits per heavy atom. The molecule has 3 aromatic rings. The lowest BCUT2D eigenvalue weighted by Gasteiger charge is -2.34. The Labute approximate surface area is 212 Å². The summed E-state index contributed by atoms with van der Waals surface area (Å²) in [6.07, 6.45) is -3.89. The van der Waals surface area contributed by atoms with Crippen LogP contribution in [-0.2, 0) is 15.8 Å². The molecule has 5 rings (SSSR count). The van der Waals surface area contributed by atoms with Gasteiger partial charge in [0.05, 0.1) is 28.1 Å². The van der Waals surface area contributed by atoms with Crippen LogP contribution in [0, 0.1) is 0 Å². The van der Waals surface area contributed by atoms with Crippen LogP contribution >= 0.6 is 11.3 Å². The number of fused-ring (bicyclic) bond motifs is 4. The standard InChI is InChI=1S/C25H21F3N4O4S/c1-31-6-8-32(9-7-31)22-21-16-10-13(15(24(35)36)12-20(33)34)2-5-19(16)37-23(21)30-17-4-3-14(25(26,27)28)11-18(17)29-22/h2-5,10-12,30H,6-9H2,1H3,(H,33,34)(H,35,36). The van der Waals surface area contributed by atoms with Gasteiger partial charge in [-0.3, -0.25) is 0 Å². The van der Waals surface area contributed by atoms with Crippen LogP contribution in [0.15, 0.2) is 47.5 Å². The number of halogens is 3. The fraction of sp³-hybridized carbons (Fsp3) is 0.240. The van der Waals surface area contributed by atoms with E-state index in [1.165, 1.54) is 23.5 Å². The second-order valence-electron chi connectivity index (χ2n) is 8.80. The largest absolute Gasteiger partial charge is 0.478 e. The molecule has 2 aliphatic heterocycles. The number of aliphatic imine (C=N–C) groups is 1. The molecule has 0 radical (unpaired) electrons. The van der Waals surface area contributed by atoms with E-state index in [4.69, 9.17) is 10.1 Å². The predicted octanol–water partition coefficient (Wildman–Crippen LogP) is 4.86. The SMILES string of the molecule is CN1CCN(C2=Nc3cc(C(F)(F)F)ccc3Nc3sc4ccc(C(=CC(=O)O)C(=O)O)cc4c32)CC1. The second kappa shape index (κ2) is 9.20. The molecule has 0 amide bonds. The van der Waals surface area contributed by atoms with Gasteiger partial charge in [0, 0.05) is 42.3 Å². The van der Waals surface area contributed by atoms with Crippen molar-refractivity contribution in [1.29, 1.82) is 0 Å². The van der Waals surface area contributed by atoms with Crippen molar-refractivity contribution in [2.45, 2.75) is 6.18 Å². The Bertz CT molecular complexity index is 1490. The van der Waals surface area contributed by atoms with E-state index in [1.54, 1.807) is 12.1 Å². The fourth-order valence-electron chi connectivity index (χ4n) is 4.41. The summed E-state index contributed by atoms with van der Waals surface area (Å²) < 4.78 is 41.2. The minimum atomic E-state index is -4.53. The number of rotatable bonds is 3. The van der Waals surface area contributed by atoms with Gasteiger partial charge in [0.2, 0.25) is 0 Å². The van der Waals surface area contributed by atoms with Crippen molar-refractivity contribution in [3.63, 3.8) is 0 Å². The van der Waals surface area contributed by atoms with Crippen LogP contribution in [0.5, 0.6) is 0 Å². The highest BCUT2D eigenvalue weighted by molar-refractivity contribution is 7.23. The summed E-state index contributed by atoms with van der Waals surface area (Å²) in [5.41, 5.74) is 0.206. The summed E-state index contributed by atoms with van der Waals surface area (Å²) >= 11 is 1.36. The zero-order chi connectivity index (χ0) is 26.5. The molecule has 0 spiro atoms. The molecule has 2 aromatic carbocycles. The number of carboxylic acids is 2. The lowest BCUT2D eigenvalue weighted by molar-refractivity contribution is -0.137. The van der Waals surface area contributed by atoms with Crippen LogP contribution in [0.3, 0.4) is 0 Å². The van der Waals surface area contributed by atoms with Gasteiger partial charge in [0.15, 0.2) is 0 Å². The number of likely N-dealkylation sites (N-methyl/N-ethyl adjacent to an activating group) is 1. The molecule has 12 heteroatoms. The smallest absolute Gasteiger partial charge is 0.416 e. The van der Waals surface area contributed by atoms with Crippen molar-refractivity contribution < 1.29 is 33.0 Å². The topological polar surface area (TPSA) is 105 Å². The molecule has 37 heavy (non-hydrogen) atoms. The number of nitrogens with one attached hydrogen (secondary N) is 1. The summed E-state index contributed by atoms with van der Waals surface area (Å²) in [5, 5.41) is 23.3. The van der Waals surface area contributed by atoms with E-state index in [1.807, 2.05) is 11.9 Å². The third-order valence-corrected chi connectivity index (χ3v) is 7.41. The van der Waals surface area contributed by atoms with Crippen molar-refractivity contribution in [3.05, 3.63) is 59.2 Å². The molecule has 2 aliphatic rings. The molecule has 3 heterocycles. The van der Waals surface area contributed by atoms with Gasteiger partial charge < -0.3 is 25.3 Å². The number of carbonyl (C=O) groups is 2. The van der Waals surface area contributed by atoms with Gasteiger partial charge in [-0.2, -0.15) is 13.2 Å². The van der Waals surface area contributed by atoms with Crippen LogP contribution in [0.25, 0.3) is 15.7 Å². The van der Waals surface area contributed by atoms with Gasteiger partial charge in [0.1, 0.15) is 10.8 Å². The molecule has 0 atom stereocenters. The maximum absolute atomic E-state index is 13.5. The van der Waals surface area contributed by atoms with Crippen LogP contribution in [0.2, 0.25) is 0 Å². The Kier molecular flexibility index (Phi) is 6.16. The number of anilines is 2. The third kappa shape index (κ3) is 4.77. The highest BCUT2D eigenvalue weighted by Gasteiger charge is 2.33. The van der Waals surface area contributed by atoms with Gasteiger partial charge in [-0.15, -0.1) is 11.3 Å². The molecular formula is C25H21F3N4O4S. The summed E-state index contributed by atoms with van der Waals surface area (Å²) in [4.78, 5) is 31.9. The third-order valence-electron chi connectivity index (χ3n) is 6.32. The zero-order valence-corrected chi connectivity index (χ0v) is 20.3. The van der Waals surface area contributed by atoms with Crippen molar-refractivity contribution in [1.82, 2.24) is 9.80 Å². The average Bonchev–Trinajstić information content (AvgIpc) is 3.09. The zero-order valence-electron chi connectivity index (χ0n) is 19.5. The molecule has 192 valence electrons. The van der Waals surface area contributed by atoms with Gasteiger partial charge in [-0.25, -0.2) is 14.6 Å². The molecule has 1 aromatic heterocycles. The van der Waals surface area contributed by atoms with Crippen LogP contribution in [-0.4, -0.2) is 71.0 Å². The molecule has 0 aliphatic carbocycles. The molecular weight excluding hydrogens is 509 g/mol.